The van der Waals surface area contributed by atoms with Gasteiger partial charge in [-0.15, -0.1) is 11.6 Å². The second kappa shape index (κ2) is 7.04. The van der Waals surface area contributed by atoms with Crippen LogP contribution in [0.2, 0.25) is 0 Å². The van der Waals surface area contributed by atoms with Crippen LogP contribution >= 0.6 is 27.5 Å². The molecule has 2 aliphatic rings. The fraction of sp³-hybridized carbons (Fsp3) is 0.824. The molecule has 120 valence electrons. The Morgan fingerprint density at radius 1 is 1.62 bits per heavy atom. The van der Waals surface area contributed by atoms with E-state index in [1.54, 1.807) is 0 Å². The monoisotopic (exact) mass is 376 g/mol. The molecule has 2 aliphatic carbocycles. The lowest BCUT2D eigenvalue weighted by Gasteiger charge is -2.44. The fourth-order valence-corrected chi connectivity index (χ4v) is 4.95. The average molecular weight is 378 g/mol. The van der Waals surface area contributed by atoms with E-state index in [9.17, 15) is 4.79 Å². The molecule has 0 aromatic carbocycles. The number of esters is 1. The SMILES string of the molecule is CC(=O)OC1CCCC2(C)C(C(C)CC(Cl)CBr)=CCC12. The van der Waals surface area contributed by atoms with E-state index in [4.69, 9.17) is 16.3 Å². The van der Waals surface area contributed by atoms with Crippen molar-refractivity contribution in [1.82, 2.24) is 0 Å². The van der Waals surface area contributed by atoms with E-state index in [2.05, 4.69) is 35.9 Å². The number of hydrogen-bond acceptors (Lipinski definition) is 2. The third-order valence-corrected chi connectivity index (χ3v) is 6.81. The van der Waals surface area contributed by atoms with Gasteiger partial charge in [0, 0.05) is 23.5 Å². The molecule has 0 radical (unpaired) electrons. The van der Waals surface area contributed by atoms with Crippen LogP contribution in [0.1, 0.15) is 52.9 Å². The van der Waals surface area contributed by atoms with Crippen molar-refractivity contribution >= 4 is 33.5 Å². The first-order valence-corrected chi connectivity index (χ1v) is 9.52. The number of hydrogen-bond donors (Lipinski definition) is 0. The number of allylic oxidation sites excluding steroid dienone is 2. The van der Waals surface area contributed by atoms with Crippen molar-refractivity contribution in [2.45, 2.75) is 64.4 Å². The van der Waals surface area contributed by atoms with Crippen LogP contribution in [0, 0.1) is 17.3 Å². The molecule has 0 aliphatic heterocycles. The summed E-state index contributed by atoms with van der Waals surface area (Å²) in [6, 6.07) is 0. The molecule has 0 spiro atoms. The highest BCUT2D eigenvalue weighted by molar-refractivity contribution is 9.09. The van der Waals surface area contributed by atoms with Crippen LogP contribution in [0.4, 0.5) is 0 Å². The molecule has 0 aromatic heterocycles. The number of alkyl halides is 2. The van der Waals surface area contributed by atoms with Crippen molar-refractivity contribution in [2.75, 3.05) is 5.33 Å². The third-order valence-electron chi connectivity index (χ3n) is 5.33. The summed E-state index contributed by atoms with van der Waals surface area (Å²) in [5.74, 6) is 0.798. The van der Waals surface area contributed by atoms with E-state index in [0.717, 1.165) is 31.0 Å². The number of halogens is 2. The number of fused-ring (bicyclic) bond motifs is 1. The molecular formula is C17H26BrClO2. The lowest BCUT2D eigenvalue weighted by atomic mass is 9.63. The van der Waals surface area contributed by atoms with Gasteiger partial charge in [-0.2, -0.15) is 0 Å². The first-order valence-electron chi connectivity index (χ1n) is 7.96. The maximum atomic E-state index is 11.3. The number of carbonyl (C=O) groups excluding carboxylic acids is 1. The third kappa shape index (κ3) is 3.67. The molecule has 5 unspecified atom stereocenters. The molecule has 1 saturated carbocycles. The van der Waals surface area contributed by atoms with Crippen LogP contribution in [-0.4, -0.2) is 22.8 Å². The first-order chi connectivity index (χ1) is 9.88. The summed E-state index contributed by atoms with van der Waals surface area (Å²) in [5.41, 5.74) is 1.72. The smallest absolute Gasteiger partial charge is 0.302 e. The maximum Gasteiger partial charge on any atom is 0.302 e. The van der Waals surface area contributed by atoms with Crippen molar-refractivity contribution in [2.24, 2.45) is 17.3 Å². The predicted molar refractivity (Wildman–Crippen MR) is 90.9 cm³/mol. The average Bonchev–Trinajstić information content (AvgIpc) is 2.76. The van der Waals surface area contributed by atoms with Gasteiger partial charge in [0.1, 0.15) is 6.10 Å². The van der Waals surface area contributed by atoms with Gasteiger partial charge in [0.2, 0.25) is 0 Å². The van der Waals surface area contributed by atoms with E-state index in [0.29, 0.717) is 11.8 Å². The molecule has 0 amide bonds. The van der Waals surface area contributed by atoms with Crippen LogP contribution in [0.5, 0.6) is 0 Å². The molecule has 0 saturated heterocycles. The topological polar surface area (TPSA) is 26.3 Å². The van der Waals surface area contributed by atoms with Crippen molar-refractivity contribution in [3.8, 4) is 0 Å². The van der Waals surface area contributed by atoms with Crippen LogP contribution < -0.4 is 0 Å². The van der Waals surface area contributed by atoms with E-state index in [1.165, 1.54) is 18.9 Å². The van der Waals surface area contributed by atoms with Crippen LogP contribution in [0.25, 0.3) is 0 Å². The Balaban J connectivity index is 2.11. The molecule has 0 heterocycles. The lowest BCUT2D eigenvalue weighted by Crippen LogP contribution is -2.41. The van der Waals surface area contributed by atoms with E-state index in [-0.39, 0.29) is 22.9 Å². The quantitative estimate of drug-likeness (QED) is 0.379. The van der Waals surface area contributed by atoms with Crippen molar-refractivity contribution in [3.05, 3.63) is 11.6 Å². The number of ether oxygens (including phenoxy) is 1. The summed E-state index contributed by atoms with van der Waals surface area (Å²) in [7, 11) is 0. The van der Waals surface area contributed by atoms with Crippen LogP contribution in [0.15, 0.2) is 11.6 Å². The maximum absolute atomic E-state index is 11.3. The van der Waals surface area contributed by atoms with Gasteiger partial charge in [0.05, 0.1) is 0 Å². The standard InChI is InChI=1S/C17H26BrClO2/c1-11(9-13(19)10-18)14-6-7-15-16(21-12(2)20)5-4-8-17(14,15)3/h6,11,13,15-16H,4-5,7-10H2,1-3H3. The van der Waals surface area contributed by atoms with Gasteiger partial charge in [-0.3, -0.25) is 4.79 Å². The highest BCUT2D eigenvalue weighted by atomic mass is 79.9. The largest absolute Gasteiger partial charge is 0.462 e. The Bertz CT molecular complexity index is 423. The minimum Gasteiger partial charge on any atom is -0.462 e. The summed E-state index contributed by atoms with van der Waals surface area (Å²) >= 11 is 9.78. The van der Waals surface area contributed by atoms with Crippen LogP contribution in [0.3, 0.4) is 0 Å². The molecule has 0 bridgehead atoms. The molecule has 5 atom stereocenters. The molecule has 2 rings (SSSR count). The molecular weight excluding hydrogens is 352 g/mol. The normalized spacial score (nSPS) is 34.8. The highest BCUT2D eigenvalue weighted by Gasteiger charge is 2.49. The van der Waals surface area contributed by atoms with Gasteiger partial charge < -0.3 is 4.74 Å². The Hall–Kier alpha value is -0.0200. The number of carbonyl (C=O) groups is 1. The summed E-state index contributed by atoms with van der Waals surface area (Å²) in [6.45, 7) is 6.17. The van der Waals surface area contributed by atoms with Gasteiger partial charge in [-0.1, -0.05) is 41.4 Å². The lowest BCUT2D eigenvalue weighted by molar-refractivity contribution is -0.153. The second-order valence-electron chi connectivity index (χ2n) is 6.85. The molecule has 2 nitrogen and oxygen atoms in total. The van der Waals surface area contributed by atoms with E-state index < -0.39 is 0 Å². The van der Waals surface area contributed by atoms with E-state index >= 15 is 0 Å². The van der Waals surface area contributed by atoms with Crippen molar-refractivity contribution in [1.29, 1.82) is 0 Å². The Kier molecular flexibility index (Phi) is 5.81. The zero-order chi connectivity index (χ0) is 15.6. The summed E-state index contributed by atoms with van der Waals surface area (Å²) in [5, 5.41) is 1.01. The fourth-order valence-electron chi connectivity index (χ4n) is 4.42. The van der Waals surface area contributed by atoms with Gasteiger partial charge in [0.15, 0.2) is 0 Å². The summed E-state index contributed by atoms with van der Waals surface area (Å²) < 4.78 is 5.59. The Labute approximate surface area is 141 Å². The summed E-state index contributed by atoms with van der Waals surface area (Å²) in [6.07, 6.45) is 7.87. The summed E-state index contributed by atoms with van der Waals surface area (Å²) in [4.78, 5) is 11.3. The Morgan fingerprint density at radius 3 is 2.95 bits per heavy atom. The molecule has 4 heteroatoms. The highest BCUT2D eigenvalue weighted by Crippen LogP contribution is 2.55. The van der Waals surface area contributed by atoms with Crippen molar-refractivity contribution in [3.63, 3.8) is 0 Å². The van der Waals surface area contributed by atoms with Gasteiger partial charge in [-0.05, 0) is 43.4 Å². The minimum absolute atomic E-state index is 0.0881. The van der Waals surface area contributed by atoms with Gasteiger partial charge >= 0.3 is 5.97 Å². The molecule has 0 N–H and O–H groups in total. The Morgan fingerprint density at radius 2 is 2.33 bits per heavy atom. The van der Waals surface area contributed by atoms with Gasteiger partial charge in [0.25, 0.3) is 0 Å². The zero-order valence-electron chi connectivity index (χ0n) is 13.2. The van der Waals surface area contributed by atoms with Gasteiger partial charge in [-0.25, -0.2) is 0 Å². The zero-order valence-corrected chi connectivity index (χ0v) is 15.5. The first kappa shape index (κ1) is 17.3. The molecule has 1 fully saturated rings. The molecule has 0 aromatic rings. The van der Waals surface area contributed by atoms with Crippen molar-refractivity contribution < 1.29 is 9.53 Å². The predicted octanol–water partition coefficient (Wildman–Crippen LogP) is 5.08. The second-order valence-corrected chi connectivity index (χ2v) is 8.11. The number of rotatable bonds is 5. The minimum atomic E-state index is -0.147. The molecule has 21 heavy (non-hydrogen) atoms. The van der Waals surface area contributed by atoms with E-state index in [1.807, 2.05) is 0 Å². The van der Waals surface area contributed by atoms with Crippen LogP contribution in [-0.2, 0) is 9.53 Å².